The van der Waals surface area contributed by atoms with Gasteiger partial charge in [0.05, 0.1) is 11.0 Å². The number of carbonyl (C=O) groups excluding carboxylic acids is 1. The fourth-order valence-corrected chi connectivity index (χ4v) is 6.35. The van der Waals surface area contributed by atoms with E-state index in [2.05, 4.69) is 34.1 Å². The molecule has 2 aromatic rings. The van der Waals surface area contributed by atoms with E-state index in [1.54, 1.807) is 6.07 Å². The second-order valence-electron chi connectivity index (χ2n) is 11.7. The Bertz CT molecular complexity index is 1020. The summed E-state index contributed by atoms with van der Waals surface area (Å²) in [6, 6.07) is 4.90. The first kappa shape index (κ1) is 25.5. The molecule has 198 valence electrons. The SMILES string of the molecule is CC1(C)C[C@@H](CC(=O)N[C@H]2CC[C@H](CCN3CCN(c4noc5ccc(F)cc45)CC3)CC2)CCO1. The van der Waals surface area contributed by atoms with Crippen LogP contribution in [0.2, 0.25) is 0 Å². The number of anilines is 1. The van der Waals surface area contributed by atoms with E-state index >= 15 is 0 Å². The third kappa shape index (κ3) is 6.38. The molecule has 0 radical (unpaired) electrons. The quantitative estimate of drug-likeness (QED) is 0.592. The van der Waals surface area contributed by atoms with E-state index in [0.29, 0.717) is 24.0 Å². The molecule has 1 aromatic heterocycles. The van der Waals surface area contributed by atoms with Gasteiger partial charge < -0.3 is 19.5 Å². The van der Waals surface area contributed by atoms with Gasteiger partial charge in [-0.15, -0.1) is 0 Å². The van der Waals surface area contributed by atoms with Crippen molar-refractivity contribution in [3.63, 3.8) is 0 Å². The summed E-state index contributed by atoms with van der Waals surface area (Å²) in [7, 11) is 0. The lowest BCUT2D eigenvalue weighted by Gasteiger charge is -2.36. The Morgan fingerprint density at radius 3 is 2.64 bits per heavy atom. The molecule has 2 aliphatic heterocycles. The van der Waals surface area contributed by atoms with Crippen molar-refractivity contribution in [2.45, 2.75) is 76.9 Å². The van der Waals surface area contributed by atoms with Gasteiger partial charge in [-0.2, -0.15) is 0 Å². The minimum atomic E-state index is -0.261. The van der Waals surface area contributed by atoms with E-state index in [-0.39, 0.29) is 17.3 Å². The summed E-state index contributed by atoms with van der Waals surface area (Å²) in [4.78, 5) is 17.3. The van der Waals surface area contributed by atoms with Crippen LogP contribution in [0.1, 0.15) is 65.2 Å². The third-order valence-corrected chi connectivity index (χ3v) is 8.42. The molecule has 0 spiro atoms. The van der Waals surface area contributed by atoms with E-state index in [1.165, 1.54) is 31.4 Å². The van der Waals surface area contributed by atoms with Crippen molar-refractivity contribution in [2.75, 3.05) is 44.2 Å². The van der Waals surface area contributed by atoms with Crippen LogP contribution in [0.5, 0.6) is 0 Å². The highest BCUT2D eigenvalue weighted by atomic mass is 19.1. The number of nitrogens with zero attached hydrogens (tertiary/aromatic N) is 3. The first-order chi connectivity index (χ1) is 17.3. The van der Waals surface area contributed by atoms with Crippen molar-refractivity contribution in [3.05, 3.63) is 24.0 Å². The molecule has 0 bridgehead atoms. The summed E-state index contributed by atoms with van der Waals surface area (Å²) in [6.07, 6.45) is 8.41. The van der Waals surface area contributed by atoms with Gasteiger partial charge >= 0.3 is 0 Å². The molecule has 5 rings (SSSR count). The molecule has 1 saturated carbocycles. The zero-order valence-electron chi connectivity index (χ0n) is 21.8. The zero-order chi connectivity index (χ0) is 25.1. The molecule has 8 heteroatoms. The van der Waals surface area contributed by atoms with Gasteiger partial charge in [0.15, 0.2) is 11.4 Å². The summed E-state index contributed by atoms with van der Waals surface area (Å²) < 4.78 is 24.9. The van der Waals surface area contributed by atoms with Crippen molar-refractivity contribution >= 4 is 22.7 Å². The largest absolute Gasteiger partial charge is 0.376 e. The maximum Gasteiger partial charge on any atom is 0.220 e. The normalized spacial score (nSPS) is 27.3. The Morgan fingerprint density at radius 2 is 1.89 bits per heavy atom. The Morgan fingerprint density at radius 1 is 1.11 bits per heavy atom. The Kier molecular flexibility index (Phi) is 7.82. The van der Waals surface area contributed by atoms with Gasteiger partial charge in [0.1, 0.15) is 5.82 Å². The van der Waals surface area contributed by atoms with Gasteiger partial charge in [-0.25, -0.2) is 4.39 Å². The van der Waals surface area contributed by atoms with Crippen LogP contribution in [0.25, 0.3) is 11.0 Å². The number of carbonyl (C=O) groups is 1. The van der Waals surface area contributed by atoms with E-state index < -0.39 is 0 Å². The number of aromatic nitrogens is 1. The fraction of sp³-hybridized carbons (Fsp3) is 0.714. The second kappa shape index (κ2) is 11.1. The smallest absolute Gasteiger partial charge is 0.220 e. The number of hydrogen-bond donors (Lipinski definition) is 1. The lowest BCUT2D eigenvalue weighted by molar-refractivity contribution is -0.125. The summed E-state index contributed by atoms with van der Waals surface area (Å²) in [5.74, 6) is 1.90. The number of halogens is 1. The minimum Gasteiger partial charge on any atom is -0.376 e. The van der Waals surface area contributed by atoms with Gasteiger partial charge in [-0.1, -0.05) is 5.16 Å². The first-order valence-corrected chi connectivity index (χ1v) is 13.8. The highest BCUT2D eigenvalue weighted by Gasteiger charge is 2.31. The maximum absolute atomic E-state index is 13.7. The van der Waals surface area contributed by atoms with E-state index in [0.717, 1.165) is 82.1 Å². The van der Waals surface area contributed by atoms with Gasteiger partial charge in [0.2, 0.25) is 5.91 Å². The van der Waals surface area contributed by atoms with Crippen LogP contribution in [0, 0.1) is 17.7 Å². The fourth-order valence-electron chi connectivity index (χ4n) is 6.35. The van der Waals surface area contributed by atoms with Crippen LogP contribution in [-0.2, 0) is 9.53 Å². The number of nitrogens with one attached hydrogen (secondary N) is 1. The van der Waals surface area contributed by atoms with Crippen molar-refractivity contribution in [1.82, 2.24) is 15.4 Å². The molecule has 3 heterocycles. The van der Waals surface area contributed by atoms with Gasteiger partial charge in [-0.05, 0) is 95.4 Å². The van der Waals surface area contributed by atoms with Crippen molar-refractivity contribution < 1.29 is 18.4 Å². The van der Waals surface area contributed by atoms with Gasteiger partial charge in [0.25, 0.3) is 0 Å². The predicted octanol–water partition coefficient (Wildman–Crippen LogP) is 4.75. The van der Waals surface area contributed by atoms with E-state index in [1.807, 2.05) is 0 Å². The maximum atomic E-state index is 13.7. The molecule has 1 N–H and O–H groups in total. The number of benzene rings is 1. The monoisotopic (exact) mass is 500 g/mol. The summed E-state index contributed by atoms with van der Waals surface area (Å²) in [6.45, 7) is 9.85. The standard InChI is InChI=1S/C28H41FN4O3/c1-28(2)19-21(10-16-35-28)17-26(34)30-23-6-3-20(4-7-23)9-11-32-12-14-33(15-13-32)27-24-18-22(29)5-8-25(24)36-31-27/h5,8,18,20-21,23H,3-4,6-7,9-17,19H2,1-2H3,(H,30,34)/t20-,21-,23-/m1/s1. The zero-order valence-corrected chi connectivity index (χ0v) is 21.8. The first-order valence-electron chi connectivity index (χ1n) is 13.8. The average Bonchev–Trinajstić information content (AvgIpc) is 3.26. The molecule has 3 fully saturated rings. The van der Waals surface area contributed by atoms with Gasteiger partial charge in [-0.3, -0.25) is 9.69 Å². The van der Waals surface area contributed by atoms with Crippen LogP contribution in [0.15, 0.2) is 22.7 Å². The highest BCUT2D eigenvalue weighted by Crippen LogP contribution is 2.32. The minimum absolute atomic E-state index is 0.0994. The molecule has 7 nitrogen and oxygen atoms in total. The lowest BCUT2D eigenvalue weighted by atomic mass is 9.83. The van der Waals surface area contributed by atoms with E-state index in [4.69, 9.17) is 9.26 Å². The molecule has 2 saturated heterocycles. The summed E-state index contributed by atoms with van der Waals surface area (Å²) in [5.41, 5.74) is 0.533. The number of piperazine rings is 1. The van der Waals surface area contributed by atoms with Crippen LogP contribution in [0.3, 0.4) is 0 Å². The van der Waals surface area contributed by atoms with Crippen molar-refractivity contribution in [3.8, 4) is 0 Å². The topological polar surface area (TPSA) is 70.8 Å². The Balaban J connectivity index is 0.991. The third-order valence-electron chi connectivity index (χ3n) is 8.42. The average molecular weight is 501 g/mol. The number of rotatable bonds is 7. The molecule has 1 aromatic carbocycles. The second-order valence-corrected chi connectivity index (χ2v) is 11.7. The molecule has 1 atom stereocenters. The van der Waals surface area contributed by atoms with Crippen molar-refractivity contribution in [1.29, 1.82) is 0 Å². The number of ether oxygens (including phenoxy) is 1. The molecular formula is C28H41FN4O3. The molecule has 3 aliphatic rings. The number of hydrogen-bond acceptors (Lipinski definition) is 6. The van der Waals surface area contributed by atoms with Crippen LogP contribution in [0.4, 0.5) is 10.2 Å². The lowest BCUT2D eigenvalue weighted by Crippen LogP contribution is -2.47. The molecule has 1 amide bonds. The molecule has 36 heavy (non-hydrogen) atoms. The van der Waals surface area contributed by atoms with Crippen LogP contribution >= 0.6 is 0 Å². The Hall–Kier alpha value is -2.19. The van der Waals surface area contributed by atoms with Crippen LogP contribution in [-0.4, -0.2) is 66.9 Å². The highest BCUT2D eigenvalue weighted by molar-refractivity contribution is 5.88. The summed E-state index contributed by atoms with van der Waals surface area (Å²) in [5, 5.41) is 8.28. The Labute approximate surface area is 213 Å². The van der Waals surface area contributed by atoms with Crippen molar-refractivity contribution in [2.24, 2.45) is 11.8 Å². The molecule has 1 aliphatic carbocycles. The molecule has 0 unspecified atom stereocenters. The number of fused-ring (bicyclic) bond motifs is 1. The van der Waals surface area contributed by atoms with Crippen LogP contribution < -0.4 is 10.2 Å². The summed E-state index contributed by atoms with van der Waals surface area (Å²) >= 11 is 0. The number of amides is 1. The van der Waals surface area contributed by atoms with Gasteiger partial charge in [0, 0.05) is 45.2 Å². The van der Waals surface area contributed by atoms with E-state index in [9.17, 15) is 9.18 Å². The molecular weight excluding hydrogens is 459 g/mol. The predicted molar refractivity (Wildman–Crippen MR) is 138 cm³/mol.